The van der Waals surface area contributed by atoms with Crippen LogP contribution in [-0.2, 0) is 4.74 Å². The van der Waals surface area contributed by atoms with Crippen LogP contribution in [0, 0.1) is 5.92 Å². The van der Waals surface area contributed by atoms with Crippen LogP contribution in [0.3, 0.4) is 0 Å². The van der Waals surface area contributed by atoms with Gasteiger partial charge in [0.15, 0.2) is 0 Å². The lowest BCUT2D eigenvalue weighted by Gasteiger charge is -2.28. The Labute approximate surface area is 69.5 Å². The van der Waals surface area contributed by atoms with Crippen LogP contribution >= 0.6 is 0 Å². The lowest BCUT2D eigenvalue weighted by Crippen LogP contribution is -2.38. The van der Waals surface area contributed by atoms with Gasteiger partial charge in [-0.2, -0.15) is 0 Å². The number of hydrogen-bond acceptors (Lipinski definition) is 2. The average molecular weight is 157 g/mol. The maximum Gasteiger partial charge on any atom is 0.0594 e. The second-order valence-electron chi connectivity index (χ2n) is 3.43. The summed E-state index contributed by atoms with van der Waals surface area (Å²) < 4.78 is 5.27. The summed E-state index contributed by atoms with van der Waals surface area (Å²) in [4.78, 5) is 2.50. The monoisotopic (exact) mass is 157 g/mol. The summed E-state index contributed by atoms with van der Waals surface area (Å²) in [6.07, 6.45) is 1.29. The predicted octanol–water partition coefficient (Wildman–Crippen LogP) is 1.36. The third-order valence-corrected chi connectivity index (χ3v) is 2.37. The molecule has 1 aliphatic heterocycles. The van der Waals surface area contributed by atoms with Crippen LogP contribution in [0.1, 0.15) is 20.3 Å². The van der Waals surface area contributed by atoms with Crippen molar-refractivity contribution in [1.82, 2.24) is 4.90 Å². The van der Waals surface area contributed by atoms with Gasteiger partial charge in [-0.15, -0.1) is 0 Å². The third-order valence-electron chi connectivity index (χ3n) is 2.37. The fourth-order valence-corrected chi connectivity index (χ4v) is 1.35. The molecule has 0 aromatic rings. The lowest BCUT2D eigenvalue weighted by atomic mass is 10.1. The third kappa shape index (κ3) is 3.21. The molecule has 0 radical (unpaired) electrons. The van der Waals surface area contributed by atoms with Gasteiger partial charge < -0.3 is 4.74 Å². The van der Waals surface area contributed by atoms with E-state index in [9.17, 15) is 0 Å². The van der Waals surface area contributed by atoms with E-state index >= 15 is 0 Å². The molecular weight excluding hydrogens is 138 g/mol. The van der Waals surface area contributed by atoms with Gasteiger partial charge >= 0.3 is 0 Å². The summed E-state index contributed by atoms with van der Waals surface area (Å²) in [7, 11) is 0. The van der Waals surface area contributed by atoms with E-state index < -0.39 is 0 Å². The largest absolute Gasteiger partial charge is 0.379 e. The Morgan fingerprint density at radius 2 is 2.00 bits per heavy atom. The zero-order valence-electron chi connectivity index (χ0n) is 7.68. The van der Waals surface area contributed by atoms with E-state index in [-0.39, 0.29) is 0 Å². The molecule has 0 amide bonds. The van der Waals surface area contributed by atoms with Crippen LogP contribution in [-0.4, -0.2) is 37.7 Å². The summed E-state index contributed by atoms with van der Waals surface area (Å²) in [6, 6.07) is 0. The Morgan fingerprint density at radius 3 is 2.55 bits per heavy atom. The average Bonchev–Trinajstić information content (AvgIpc) is 2.06. The molecule has 0 aromatic heterocycles. The minimum atomic E-state index is 0.841. The van der Waals surface area contributed by atoms with Gasteiger partial charge in [-0.25, -0.2) is 0 Å². The smallest absolute Gasteiger partial charge is 0.0594 e. The van der Waals surface area contributed by atoms with Gasteiger partial charge in [-0.3, -0.25) is 4.90 Å². The van der Waals surface area contributed by atoms with Crippen molar-refractivity contribution in [3.8, 4) is 0 Å². The molecule has 2 heteroatoms. The molecular formula is C9H19NO. The van der Waals surface area contributed by atoms with E-state index in [1.165, 1.54) is 13.0 Å². The van der Waals surface area contributed by atoms with Gasteiger partial charge in [0.2, 0.25) is 0 Å². The van der Waals surface area contributed by atoms with Crippen molar-refractivity contribution in [2.45, 2.75) is 20.3 Å². The molecule has 66 valence electrons. The zero-order chi connectivity index (χ0) is 8.10. The summed E-state index contributed by atoms with van der Waals surface area (Å²) in [5.74, 6) is 0.841. The van der Waals surface area contributed by atoms with Gasteiger partial charge in [0.1, 0.15) is 0 Å². The molecule has 0 spiro atoms. The molecule has 1 atom stereocenters. The number of hydrogen-bond donors (Lipinski definition) is 0. The topological polar surface area (TPSA) is 12.5 Å². The number of morpholine rings is 1. The van der Waals surface area contributed by atoms with E-state index in [4.69, 9.17) is 4.74 Å². The first-order chi connectivity index (χ1) is 5.33. The zero-order valence-corrected chi connectivity index (χ0v) is 7.68. The van der Waals surface area contributed by atoms with Crippen molar-refractivity contribution < 1.29 is 4.74 Å². The molecule has 2 nitrogen and oxygen atoms in total. The molecule has 0 saturated carbocycles. The first-order valence-electron chi connectivity index (χ1n) is 4.63. The molecule has 0 aromatic carbocycles. The van der Waals surface area contributed by atoms with E-state index in [1.54, 1.807) is 0 Å². The quantitative estimate of drug-likeness (QED) is 0.613. The molecule has 1 fully saturated rings. The molecule has 1 saturated heterocycles. The highest BCUT2D eigenvalue weighted by Crippen LogP contribution is 2.05. The van der Waals surface area contributed by atoms with Gasteiger partial charge in [0, 0.05) is 19.6 Å². The van der Waals surface area contributed by atoms with Crippen molar-refractivity contribution in [2.24, 2.45) is 5.92 Å². The highest BCUT2D eigenvalue weighted by Gasteiger charge is 2.11. The molecule has 0 bridgehead atoms. The van der Waals surface area contributed by atoms with Crippen LogP contribution in [0.2, 0.25) is 0 Å². The Hall–Kier alpha value is -0.0800. The maximum atomic E-state index is 5.27. The first kappa shape index (κ1) is 9.01. The number of nitrogens with zero attached hydrogens (tertiary/aromatic N) is 1. The second-order valence-corrected chi connectivity index (χ2v) is 3.43. The minimum Gasteiger partial charge on any atom is -0.379 e. The molecule has 0 N–H and O–H groups in total. The van der Waals surface area contributed by atoms with Crippen LogP contribution < -0.4 is 0 Å². The predicted molar refractivity (Wildman–Crippen MR) is 46.7 cm³/mol. The fraction of sp³-hybridized carbons (Fsp3) is 1.00. The standard InChI is InChI=1S/C9H19NO/c1-3-9(2)8-10-4-6-11-7-5-10/h9H,3-8H2,1-2H3/t9-/m0/s1. The van der Waals surface area contributed by atoms with Crippen molar-refractivity contribution in [2.75, 3.05) is 32.8 Å². The van der Waals surface area contributed by atoms with E-state index in [2.05, 4.69) is 18.7 Å². The van der Waals surface area contributed by atoms with Crippen LogP contribution in [0.25, 0.3) is 0 Å². The molecule has 1 aliphatic rings. The highest BCUT2D eigenvalue weighted by atomic mass is 16.5. The van der Waals surface area contributed by atoms with Crippen LogP contribution in [0.4, 0.5) is 0 Å². The first-order valence-corrected chi connectivity index (χ1v) is 4.63. The lowest BCUT2D eigenvalue weighted by molar-refractivity contribution is 0.0316. The molecule has 0 unspecified atom stereocenters. The molecule has 1 heterocycles. The van der Waals surface area contributed by atoms with E-state index in [1.807, 2.05) is 0 Å². The van der Waals surface area contributed by atoms with Crippen LogP contribution in [0.5, 0.6) is 0 Å². The SMILES string of the molecule is CC[C@H](C)CN1CCOCC1. The van der Waals surface area contributed by atoms with E-state index in [0.29, 0.717) is 0 Å². The Kier molecular flexibility index (Phi) is 3.87. The van der Waals surface area contributed by atoms with Gasteiger partial charge in [-0.1, -0.05) is 20.3 Å². The molecule has 0 aliphatic carbocycles. The van der Waals surface area contributed by atoms with Gasteiger partial charge in [-0.05, 0) is 5.92 Å². The summed E-state index contributed by atoms with van der Waals surface area (Å²) >= 11 is 0. The second kappa shape index (κ2) is 4.73. The summed E-state index contributed by atoms with van der Waals surface area (Å²) in [6.45, 7) is 9.93. The van der Waals surface area contributed by atoms with Crippen molar-refractivity contribution in [1.29, 1.82) is 0 Å². The van der Waals surface area contributed by atoms with Crippen molar-refractivity contribution in [3.63, 3.8) is 0 Å². The van der Waals surface area contributed by atoms with E-state index in [0.717, 1.165) is 32.2 Å². The summed E-state index contributed by atoms with van der Waals surface area (Å²) in [5.41, 5.74) is 0. The van der Waals surface area contributed by atoms with Crippen molar-refractivity contribution >= 4 is 0 Å². The Morgan fingerprint density at radius 1 is 1.36 bits per heavy atom. The fourth-order valence-electron chi connectivity index (χ4n) is 1.35. The summed E-state index contributed by atoms with van der Waals surface area (Å²) in [5, 5.41) is 0. The number of ether oxygens (including phenoxy) is 1. The Balaban J connectivity index is 2.13. The van der Waals surface area contributed by atoms with Gasteiger partial charge in [0.05, 0.1) is 13.2 Å². The molecule has 1 rings (SSSR count). The number of rotatable bonds is 3. The normalized spacial score (nSPS) is 23.5. The minimum absolute atomic E-state index is 0.841. The highest BCUT2D eigenvalue weighted by molar-refractivity contribution is 4.64. The van der Waals surface area contributed by atoms with Crippen molar-refractivity contribution in [3.05, 3.63) is 0 Å². The molecule has 11 heavy (non-hydrogen) atoms. The maximum absolute atomic E-state index is 5.27. The van der Waals surface area contributed by atoms with Gasteiger partial charge in [0.25, 0.3) is 0 Å². The van der Waals surface area contributed by atoms with Crippen LogP contribution in [0.15, 0.2) is 0 Å². The Bertz CT molecular complexity index is 99.7.